The van der Waals surface area contributed by atoms with Crippen LogP contribution in [0.5, 0.6) is 0 Å². The quantitative estimate of drug-likeness (QED) is 0.555. The Bertz CT molecular complexity index is 481. The molecule has 2 amide bonds. The first-order chi connectivity index (χ1) is 8.06. The number of H-pyrrole nitrogens is 1. The van der Waals surface area contributed by atoms with Gasteiger partial charge in [-0.1, -0.05) is 0 Å². The molecule has 1 atom stereocenters. The predicted molar refractivity (Wildman–Crippen MR) is 55.3 cm³/mol. The maximum Gasteiger partial charge on any atom is 0.353 e. The monoisotopic (exact) mass is 238 g/mol. The molecule has 0 bridgehead atoms. The predicted octanol–water partition coefficient (Wildman–Crippen LogP) is -0.675. The minimum absolute atomic E-state index is 0.115. The fraction of sp³-hybridized carbons (Fsp3) is 0.333. The molecule has 0 aliphatic carbocycles. The number of hydrogen-bond acceptors (Lipinski definition) is 4. The summed E-state index contributed by atoms with van der Waals surface area (Å²) in [7, 11) is 0. The number of aromatic nitrogens is 2. The summed E-state index contributed by atoms with van der Waals surface area (Å²) in [4.78, 5) is 33.1. The lowest BCUT2D eigenvalue weighted by Gasteiger charge is -2.08. The van der Waals surface area contributed by atoms with Gasteiger partial charge in [0.2, 0.25) is 11.8 Å². The largest absolute Gasteiger partial charge is 0.477 e. The van der Waals surface area contributed by atoms with E-state index < -0.39 is 17.9 Å². The van der Waals surface area contributed by atoms with Gasteiger partial charge < -0.3 is 15.7 Å². The van der Waals surface area contributed by atoms with Gasteiger partial charge in [-0.3, -0.25) is 14.7 Å². The van der Waals surface area contributed by atoms with Crippen molar-refractivity contribution in [1.82, 2.24) is 15.5 Å². The van der Waals surface area contributed by atoms with Crippen LogP contribution in [-0.4, -0.2) is 39.1 Å². The van der Waals surface area contributed by atoms with Crippen molar-refractivity contribution in [2.75, 3.05) is 5.32 Å². The third kappa shape index (κ3) is 2.41. The Labute approximate surface area is 95.4 Å². The van der Waals surface area contributed by atoms with Crippen LogP contribution in [0, 0.1) is 0 Å². The Kier molecular flexibility index (Phi) is 2.77. The molecule has 1 saturated heterocycles. The highest BCUT2D eigenvalue weighted by atomic mass is 16.4. The van der Waals surface area contributed by atoms with Crippen LogP contribution in [0.3, 0.4) is 0 Å². The minimum Gasteiger partial charge on any atom is -0.477 e. The topological polar surface area (TPSA) is 124 Å². The molecule has 1 fully saturated rings. The van der Waals surface area contributed by atoms with Crippen LogP contribution >= 0.6 is 0 Å². The second kappa shape index (κ2) is 4.24. The molecule has 1 aromatic rings. The molecule has 0 spiro atoms. The van der Waals surface area contributed by atoms with Crippen LogP contribution in [0.1, 0.15) is 23.3 Å². The first-order valence-electron chi connectivity index (χ1n) is 4.95. The Morgan fingerprint density at radius 1 is 1.53 bits per heavy atom. The number of amides is 2. The van der Waals surface area contributed by atoms with Crippen molar-refractivity contribution in [3.8, 4) is 0 Å². The molecular formula is C9H10N4O4. The Morgan fingerprint density at radius 2 is 2.29 bits per heavy atom. The third-order valence-corrected chi connectivity index (χ3v) is 2.37. The molecule has 17 heavy (non-hydrogen) atoms. The molecule has 1 aromatic heterocycles. The standard InChI is InChI=1S/C9H10N4O4/c14-7-2-1-4(10-7)8(15)11-6-3-5(9(16)17)12-13-6/h3-4H,1-2H2,(H,10,14)(H,16,17)(H2,11,12,13,15). The van der Waals surface area contributed by atoms with Gasteiger partial charge in [0.15, 0.2) is 5.82 Å². The summed E-state index contributed by atoms with van der Waals surface area (Å²) in [6.45, 7) is 0. The molecule has 2 heterocycles. The highest BCUT2D eigenvalue weighted by Gasteiger charge is 2.27. The van der Waals surface area contributed by atoms with Gasteiger partial charge in [-0.05, 0) is 6.42 Å². The number of hydrogen-bond donors (Lipinski definition) is 4. The van der Waals surface area contributed by atoms with E-state index in [-0.39, 0.29) is 17.4 Å². The lowest BCUT2D eigenvalue weighted by molar-refractivity contribution is -0.122. The SMILES string of the molecule is O=C1CCC(C(=O)Nc2cc(C(=O)O)[nH]n2)N1. The summed E-state index contributed by atoms with van der Waals surface area (Å²) in [5.74, 6) is -1.61. The number of nitrogens with one attached hydrogen (secondary N) is 3. The number of carbonyl (C=O) groups excluding carboxylic acids is 2. The molecule has 90 valence electrons. The van der Waals surface area contributed by atoms with E-state index in [0.29, 0.717) is 12.8 Å². The van der Waals surface area contributed by atoms with Crippen molar-refractivity contribution in [2.45, 2.75) is 18.9 Å². The number of carboxylic acids is 1. The maximum atomic E-state index is 11.6. The minimum atomic E-state index is -1.16. The van der Waals surface area contributed by atoms with Crippen LogP contribution in [0.2, 0.25) is 0 Å². The maximum absolute atomic E-state index is 11.6. The number of aromatic carboxylic acids is 1. The van der Waals surface area contributed by atoms with E-state index in [2.05, 4.69) is 20.8 Å². The average molecular weight is 238 g/mol. The van der Waals surface area contributed by atoms with Crippen LogP contribution in [0.4, 0.5) is 5.82 Å². The highest BCUT2D eigenvalue weighted by Crippen LogP contribution is 2.10. The third-order valence-electron chi connectivity index (χ3n) is 2.37. The Morgan fingerprint density at radius 3 is 2.82 bits per heavy atom. The smallest absolute Gasteiger partial charge is 0.353 e. The van der Waals surface area contributed by atoms with Gasteiger partial charge in [0.05, 0.1) is 0 Å². The molecule has 1 aliphatic rings. The van der Waals surface area contributed by atoms with E-state index in [0.717, 1.165) is 0 Å². The normalized spacial score (nSPS) is 18.8. The number of aromatic amines is 1. The number of carboxylic acid groups (broad SMARTS) is 1. The number of carbonyl (C=O) groups is 3. The first kappa shape index (κ1) is 11.1. The lowest BCUT2D eigenvalue weighted by Crippen LogP contribution is -2.37. The zero-order valence-corrected chi connectivity index (χ0v) is 8.69. The average Bonchev–Trinajstić information content (AvgIpc) is 2.86. The Hall–Kier alpha value is -2.38. The van der Waals surface area contributed by atoms with E-state index in [4.69, 9.17) is 5.11 Å². The van der Waals surface area contributed by atoms with Crippen LogP contribution < -0.4 is 10.6 Å². The molecule has 1 unspecified atom stereocenters. The summed E-state index contributed by atoms with van der Waals surface area (Å²) >= 11 is 0. The zero-order valence-electron chi connectivity index (χ0n) is 8.69. The summed E-state index contributed by atoms with van der Waals surface area (Å²) < 4.78 is 0. The molecule has 8 heteroatoms. The van der Waals surface area contributed by atoms with Gasteiger partial charge in [0.1, 0.15) is 11.7 Å². The van der Waals surface area contributed by atoms with E-state index in [1.165, 1.54) is 6.07 Å². The van der Waals surface area contributed by atoms with Crippen molar-refractivity contribution in [1.29, 1.82) is 0 Å². The number of rotatable bonds is 3. The second-order valence-corrected chi connectivity index (χ2v) is 3.62. The molecule has 2 rings (SSSR count). The van der Waals surface area contributed by atoms with Gasteiger partial charge in [0, 0.05) is 12.5 Å². The number of anilines is 1. The lowest BCUT2D eigenvalue weighted by atomic mass is 10.2. The molecular weight excluding hydrogens is 228 g/mol. The van der Waals surface area contributed by atoms with Crippen molar-refractivity contribution in [2.24, 2.45) is 0 Å². The van der Waals surface area contributed by atoms with Crippen LogP contribution in [0.15, 0.2) is 6.07 Å². The summed E-state index contributed by atoms with van der Waals surface area (Å²) in [6.07, 6.45) is 0.750. The first-order valence-corrected chi connectivity index (χ1v) is 4.95. The van der Waals surface area contributed by atoms with Crippen molar-refractivity contribution >= 4 is 23.6 Å². The fourth-order valence-corrected chi connectivity index (χ4v) is 1.52. The molecule has 8 nitrogen and oxygen atoms in total. The van der Waals surface area contributed by atoms with Crippen LogP contribution in [-0.2, 0) is 9.59 Å². The number of nitrogens with zero attached hydrogens (tertiary/aromatic N) is 1. The molecule has 0 aromatic carbocycles. The van der Waals surface area contributed by atoms with Gasteiger partial charge in [0.25, 0.3) is 0 Å². The molecule has 0 radical (unpaired) electrons. The second-order valence-electron chi connectivity index (χ2n) is 3.62. The van der Waals surface area contributed by atoms with Gasteiger partial charge in [-0.25, -0.2) is 4.79 Å². The van der Waals surface area contributed by atoms with Crippen LogP contribution in [0.25, 0.3) is 0 Å². The Balaban J connectivity index is 1.98. The highest BCUT2D eigenvalue weighted by molar-refractivity contribution is 5.99. The van der Waals surface area contributed by atoms with Crippen molar-refractivity contribution in [3.05, 3.63) is 11.8 Å². The van der Waals surface area contributed by atoms with E-state index >= 15 is 0 Å². The molecule has 4 N–H and O–H groups in total. The molecule has 1 aliphatic heterocycles. The van der Waals surface area contributed by atoms with Gasteiger partial charge in [-0.2, -0.15) is 5.10 Å². The van der Waals surface area contributed by atoms with E-state index in [1.807, 2.05) is 0 Å². The van der Waals surface area contributed by atoms with Gasteiger partial charge in [-0.15, -0.1) is 0 Å². The van der Waals surface area contributed by atoms with Crippen molar-refractivity contribution < 1.29 is 19.5 Å². The summed E-state index contributed by atoms with van der Waals surface area (Å²) in [5.41, 5.74) is -0.115. The van der Waals surface area contributed by atoms with Crippen molar-refractivity contribution in [3.63, 3.8) is 0 Å². The summed E-state index contributed by atoms with van der Waals surface area (Å²) in [6, 6.07) is 0.629. The van der Waals surface area contributed by atoms with E-state index in [9.17, 15) is 14.4 Å². The van der Waals surface area contributed by atoms with Gasteiger partial charge >= 0.3 is 5.97 Å². The van der Waals surface area contributed by atoms with E-state index in [1.54, 1.807) is 0 Å². The molecule has 0 saturated carbocycles. The zero-order chi connectivity index (χ0) is 12.4. The summed E-state index contributed by atoms with van der Waals surface area (Å²) in [5, 5.41) is 19.4. The fourth-order valence-electron chi connectivity index (χ4n) is 1.52.